The number of sulfonamides is 1. The fourth-order valence-electron chi connectivity index (χ4n) is 4.01. The molecule has 0 aliphatic carbocycles. The molecular formula is C30H37N3O6S. The minimum Gasteiger partial charge on any atom is -0.497 e. The number of ether oxygens (including phenoxy) is 2. The van der Waals surface area contributed by atoms with Gasteiger partial charge < -0.3 is 19.7 Å². The Morgan fingerprint density at radius 3 is 2.12 bits per heavy atom. The molecule has 2 atom stereocenters. The summed E-state index contributed by atoms with van der Waals surface area (Å²) in [6, 6.07) is 20.6. The number of carbonyl (C=O) groups excluding carboxylic acids is 2. The predicted molar refractivity (Wildman–Crippen MR) is 155 cm³/mol. The number of carbonyl (C=O) groups is 2. The standard InChI is InChI=1S/C30H37N3O6S/c1-6-22(2)31-30(35)23(3)32(20-24-11-10-14-27(19-24)39-5)29(34)21-33(25-12-8-7-9-13-25)40(36,37)28-17-15-26(38-4)16-18-28/h7-19,22-23H,6,20-21H2,1-5H3,(H,31,35)/t22-,23-/m0/s1. The first kappa shape index (κ1) is 30.5. The van der Waals surface area contributed by atoms with E-state index < -0.39 is 28.5 Å². The molecule has 1 N–H and O–H groups in total. The maximum atomic E-state index is 14.0. The topological polar surface area (TPSA) is 105 Å². The van der Waals surface area contributed by atoms with Gasteiger partial charge in [0.05, 0.1) is 24.8 Å². The summed E-state index contributed by atoms with van der Waals surface area (Å²) in [5.41, 5.74) is 1.06. The molecule has 3 rings (SSSR count). The number of anilines is 1. The van der Waals surface area contributed by atoms with Crippen molar-refractivity contribution >= 4 is 27.5 Å². The number of amides is 2. The van der Waals surface area contributed by atoms with E-state index in [9.17, 15) is 18.0 Å². The van der Waals surface area contributed by atoms with Crippen molar-refractivity contribution in [1.82, 2.24) is 10.2 Å². The van der Waals surface area contributed by atoms with Gasteiger partial charge in [-0.1, -0.05) is 37.3 Å². The lowest BCUT2D eigenvalue weighted by Gasteiger charge is -2.32. The quantitative estimate of drug-likeness (QED) is 0.332. The number of para-hydroxylation sites is 1. The van der Waals surface area contributed by atoms with Crippen LogP contribution >= 0.6 is 0 Å². The van der Waals surface area contributed by atoms with Crippen molar-refractivity contribution < 1.29 is 27.5 Å². The van der Waals surface area contributed by atoms with Crippen LogP contribution in [0.1, 0.15) is 32.8 Å². The van der Waals surface area contributed by atoms with Crippen LogP contribution in [0.15, 0.2) is 83.8 Å². The number of rotatable bonds is 13. The van der Waals surface area contributed by atoms with E-state index in [-0.39, 0.29) is 23.4 Å². The molecule has 0 aliphatic heterocycles. The van der Waals surface area contributed by atoms with Gasteiger partial charge in [-0.15, -0.1) is 0 Å². The average molecular weight is 568 g/mol. The number of hydrogen-bond donors (Lipinski definition) is 1. The summed E-state index contributed by atoms with van der Waals surface area (Å²) >= 11 is 0. The first-order valence-electron chi connectivity index (χ1n) is 13.0. The first-order chi connectivity index (χ1) is 19.1. The Labute approximate surface area is 236 Å². The summed E-state index contributed by atoms with van der Waals surface area (Å²) in [6.07, 6.45) is 0.726. The molecule has 0 aromatic heterocycles. The summed E-state index contributed by atoms with van der Waals surface area (Å²) in [7, 11) is -1.11. The molecule has 0 heterocycles. The Bertz CT molecular complexity index is 1380. The van der Waals surface area contributed by atoms with E-state index in [1.54, 1.807) is 74.7 Å². The second-order valence-electron chi connectivity index (χ2n) is 9.39. The van der Waals surface area contributed by atoms with Gasteiger partial charge in [-0.05, 0) is 74.4 Å². The molecule has 0 aliphatic rings. The lowest BCUT2D eigenvalue weighted by atomic mass is 10.1. The molecule has 0 bridgehead atoms. The zero-order valence-corrected chi connectivity index (χ0v) is 24.4. The van der Waals surface area contributed by atoms with Crippen LogP contribution in [0.2, 0.25) is 0 Å². The van der Waals surface area contributed by atoms with E-state index in [0.29, 0.717) is 17.2 Å². The Kier molecular flexibility index (Phi) is 10.6. The molecule has 3 aromatic carbocycles. The molecule has 40 heavy (non-hydrogen) atoms. The molecule has 9 nitrogen and oxygen atoms in total. The molecule has 0 fully saturated rings. The second-order valence-corrected chi connectivity index (χ2v) is 11.3. The van der Waals surface area contributed by atoms with Gasteiger partial charge in [-0.25, -0.2) is 8.42 Å². The summed E-state index contributed by atoms with van der Waals surface area (Å²) in [5, 5.41) is 2.92. The highest BCUT2D eigenvalue weighted by molar-refractivity contribution is 7.92. The molecule has 214 valence electrons. The van der Waals surface area contributed by atoms with Crippen LogP contribution in [0.3, 0.4) is 0 Å². The molecule has 0 radical (unpaired) electrons. The highest BCUT2D eigenvalue weighted by Gasteiger charge is 2.32. The fraction of sp³-hybridized carbons (Fsp3) is 0.333. The highest BCUT2D eigenvalue weighted by atomic mass is 32.2. The van der Waals surface area contributed by atoms with Gasteiger partial charge in [0.2, 0.25) is 11.8 Å². The van der Waals surface area contributed by atoms with Crippen LogP contribution in [-0.2, 0) is 26.2 Å². The van der Waals surface area contributed by atoms with Crippen molar-refractivity contribution in [1.29, 1.82) is 0 Å². The maximum Gasteiger partial charge on any atom is 0.264 e. The summed E-state index contributed by atoms with van der Waals surface area (Å²) in [5.74, 6) is 0.256. The van der Waals surface area contributed by atoms with Crippen molar-refractivity contribution in [3.05, 3.63) is 84.4 Å². The molecular weight excluding hydrogens is 530 g/mol. The van der Waals surface area contributed by atoms with Gasteiger partial charge in [0.1, 0.15) is 24.1 Å². The smallest absolute Gasteiger partial charge is 0.264 e. The Balaban J connectivity index is 2.01. The lowest BCUT2D eigenvalue weighted by Crippen LogP contribution is -2.52. The maximum absolute atomic E-state index is 14.0. The Morgan fingerprint density at radius 1 is 0.875 bits per heavy atom. The average Bonchev–Trinajstić information content (AvgIpc) is 2.98. The Morgan fingerprint density at radius 2 is 1.52 bits per heavy atom. The zero-order chi connectivity index (χ0) is 29.3. The fourth-order valence-corrected chi connectivity index (χ4v) is 5.43. The van der Waals surface area contributed by atoms with E-state index in [4.69, 9.17) is 9.47 Å². The number of nitrogens with zero attached hydrogens (tertiary/aromatic N) is 2. The SMILES string of the molecule is CC[C@H](C)NC(=O)[C@H](C)N(Cc1cccc(OC)c1)C(=O)CN(c1ccccc1)S(=O)(=O)c1ccc(OC)cc1. The number of methoxy groups -OCH3 is 2. The van der Waals surface area contributed by atoms with E-state index in [1.807, 2.05) is 19.9 Å². The van der Waals surface area contributed by atoms with Crippen LogP contribution in [0, 0.1) is 0 Å². The van der Waals surface area contributed by atoms with Gasteiger partial charge in [0.25, 0.3) is 10.0 Å². The molecule has 0 saturated carbocycles. The number of benzene rings is 3. The van der Waals surface area contributed by atoms with Crippen molar-refractivity contribution in [2.75, 3.05) is 25.1 Å². The third kappa shape index (κ3) is 7.53. The first-order valence-corrected chi connectivity index (χ1v) is 14.5. The third-order valence-corrected chi connectivity index (χ3v) is 8.41. The van der Waals surface area contributed by atoms with Gasteiger partial charge in [-0.3, -0.25) is 13.9 Å². The van der Waals surface area contributed by atoms with Crippen molar-refractivity contribution in [2.45, 2.75) is 50.7 Å². The molecule has 2 amide bonds. The lowest BCUT2D eigenvalue weighted by molar-refractivity contribution is -0.139. The normalized spacial score (nSPS) is 12.6. The Hall–Kier alpha value is -4.05. The molecule has 0 unspecified atom stereocenters. The number of hydrogen-bond acceptors (Lipinski definition) is 6. The number of nitrogens with one attached hydrogen (secondary N) is 1. The highest BCUT2D eigenvalue weighted by Crippen LogP contribution is 2.26. The van der Waals surface area contributed by atoms with Crippen molar-refractivity contribution in [3.63, 3.8) is 0 Å². The summed E-state index contributed by atoms with van der Waals surface area (Å²) in [6.45, 7) is 5.05. The molecule has 0 spiro atoms. The van der Waals surface area contributed by atoms with E-state index in [0.717, 1.165) is 16.3 Å². The monoisotopic (exact) mass is 567 g/mol. The van der Waals surface area contributed by atoms with Gasteiger partial charge >= 0.3 is 0 Å². The van der Waals surface area contributed by atoms with E-state index in [1.165, 1.54) is 24.1 Å². The van der Waals surface area contributed by atoms with E-state index >= 15 is 0 Å². The van der Waals surface area contributed by atoms with Gasteiger partial charge in [0, 0.05) is 12.6 Å². The zero-order valence-electron chi connectivity index (χ0n) is 23.5. The molecule has 10 heteroatoms. The summed E-state index contributed by atoms with van der Waals surface area (Å²) in [4.78, 5) is 28.5. The van der Waals surface area contributed by atoms with E-state index in [2.05, 4.69) is 5.32 Å². The van der Waals surface area contributed by atoms with Crippen LogP contribution in [-0.4, -0.2) is 58.0 Å². The molecule has 0 saturated heterocycles. The van der Waals surface area contributed by atoms with Crippen LogP contribution < -0.4 is 19.1 Å². The summed E-state index contributed by atoms with van der Waals surface area (Å²) < 4.78 is 39.2. The molecule has 3 aromatic rings. The minimum absolute atomic E-state index is 0.00635. The van der Waals surface area contributed by atoms with Crippen molar-refractivity contribution in [2.24, 2.45) is 0 Å². The second kappa shape index (κ2) is 13.8. The predicted octanol–water partition coefficient (Wildman–Crippen LogP) is 4.23. The van der Waals surface area contributed by atoms with Crippen molar-refractivity contribution in [3.8, 4) is 11.5 Å². The van der Waals surface area contributed by atoms with Crippen LogP contribution in [0.4, 0.5) is 5.69 Å². The third-order valence-electron chi connectivity index (χ3n) is 6.63. The minimum atomic E-state index is -4.15. The van der Waals surface area contributed by atoms with Crippen LogP contribution in [0.5, 0.6) is 11.5 Å². The largest absolute Gasteiger partial charge is 0.497 e. The van der Waals surface area contributed by atoms with Gasteiger partial charge in [-0.2, -0.15) is 0 Å². The van der Waals surface area contributed by atoms with Gasteiger partial charge in [0.15, 0.2) is 0 Å². The van der Waals surface area contributed by atoms with Crippen LogP contribution in [0.25, 0.3) is 0 Å².